The number of carboxylic acids is 1. The zero-order chi connectivity index (χ0) is 11.4. The molecule has 0 radical (unpaired) electrons. The van der Waals surface area contributed by atoms with Crippen LogP contribution < -0.4 is 5.56 Å². The fourth-order valence-electron chi connectivity index (χ4n) is 1.12. The van der Waals surface area contributed by atoms with E-state index < -0.39 is 5.97 Å². The lowest BCUT2D eigenvalue weighted by Crippen LogP contribution is -2.26. The summed E-state index contributed by atoms with van der Waals surface area (Å²) in [5.41, 5.74) is -0.363. The van der Waals surface area contributed by atoms with Gasteiger partial charge >= 0.3 is 5.97 Å². The molecule has 0 amide bonds. The van der Waals surface area contributed by atoms with Crippen molar-refractivity contribution in [1.29, 1.82) is 0 Å². The number of aromatic nitrogens is 2. The molecule has 0 aliphatic rings. The highest BCUT2D eigenvalue weighted by Gasteiger charge is 2.08. The summed E-state index contributed by atoms with van der Waals surface area (Å²) in [6, 6.07) is 2.45. The molecular formula is C10H14N2O3. The van der Waals surface area contributed by atoms with Crippen LogP contribution in [0.3, 0.4) is 0 Å². The molecule has 1 atom stereocenters. The van der Waals surface area contributed by atoms with Crippen molar-refractivity contribution in [3.63, 3.8) is 0 Å². The Kier molecular flexibility index (Phi) is 3.60. The molecule has 82 valence electrons. The number of aromatic carboxylic acids is 1. The summed E-state index contributed by atoms with van der Waals surface area (Å²) in [6.07, 6.45) is 0.922. The minimum Gasteiger partial charge on any atom is -0.476 e. The van der Waals surface area contributed by atoms with Gasteiger partial charge in [0.1, 0.15) is 0 Å². The lowest BCUT2D eigenvalue weighted by Gasteiger charge is -2.09. The number of carboxylic acid groups (broad SMARTS) is 1. The van der Waals surface area contributed by atoms with Gasteiger partial charge in [-0.25, -0.2) is 9.48 Å². The Balaban J connectivity index is 3.00. The second-order valence-corrected chi connectivity index (χ2v) is 3.56. The van der Waals surface area contributed by atoms with E-state index in [2.05, 4.69) is 5.10 Å². The van der Waals surface area contributed by atoms with Crippen molar-refractivity contribution < 1.29 is 9.90 Å². The van der Waals surface area contributed by atoms with Crippen molar-refractivity contribution in [1.82, 2.24) is 9.78 Å². The van der Waals surface area contributed by atoms with Crippen molar-refractivity contribution in [3.8, 4) is 0 Å². The summed E-state index contributed by atoms with van der Waals surface area (Å²) >= 11 is 0. The van der Waals surface area contributed by atoms with Gasteiger partial charge in [0.2, 0.25) is 0 Å². The molecule has 1 heterocycles. The quantitative estimate of drug-likeness (QED) is 0.804. The SMILES string of the molecule is CCC(C)Cn1nc(C(=O)O)ccc1=O. The van der Waals surface area contributed by atoms with Gasteiger partial charge in [-0.3, -0.25) is 4.79 Å². The molecule has 1 unspecified atom stereocenters. The molecule has 1 aromatic rings. The lowest BCUT2D eigenvalue weighted by atomic mass is 10.1. The van der Waals surface area contributed by atoms with Crippen LogP contribution in [0, 0.1) is 5.92 Å². The van der Waals surface area contributed by atoms with Crippen LogP contribution in [0.4, 0.5) is 0 Å². The van der Waals surface area contributed by atoms with Crippen molar-refractivity contribution in [2.24, 2.45) is 5.92 Å². The van der Waals surface area contributed by atoms with Gasteiger partial charge in [0.15, 0.2) is 5.69 Å². The molecule has 0 saturated heterocycles. The first-order valence-corrected chi connectivity index (χ1v) is 4.86. The molecule has 0 aliphatic heterocycles. The Labute approximate surface area is 87.4 Å². The molecule has 15 heavy (non-hydrogen) atoms. The van der Waals surface area contributed by atoms with Crippen molar-refractivity contribution in [2.75, 3.05) is 0 Å². The normalized spacial score (nSPS) is 12.4. The average molecular weight is 210 g/mol. The van der Waals surface area contributed by atoms with Gasteiger partial charge in [0.25, 0.3) is 5.56 Å². The predicted octanol–water partition coefficient (Wildman–Crippen LogP) is 0.988. The summed E-state index contributed by atoms with van der Waals surface area (Å²) in [6.45, 7) is 4.45. The summed E-state index contributed by atoms with van der Waals surface area (Å²) in [5.74, 6) is -0.813. The Morgan fingerprint density at radius 2 is 2.27 bits per heavy atom. The third-order valence-corrected chi connectivity index (χ3v) is 2.27. The first-order chi connectivity index (χ1) is 7.04. The van der Waals surface area contributed by atoms with Crippen LogP contribution in [0.2, 0.25) is 0 Å². The van der Waals surface area contributed by atoms with Gasteiger partial charge in [-0.15, -0.1) is 0 Å². The number of hydrogen-bond donors (Lipinski definition) is 1. The van der Waals surface area contributed by atoms with E-state index in [1.807, 2.05) is 13.8 Å². The Hall–Kier alpha value is -1.65. The fraction of sp³-hybridized carbons (Fsp3) is 0.500. The van der Waals surface area contributed by atoms with E-state index in [9.17, 15) is 9.59 Å². The topological polar surface area (TPSA) is 72.2 Å². The molecule has 0 saturated carbocycles. The van der Waals surface area contributed by atoms with Crippen molar-refractivity contribution in [3.05, 3.63) is 28.2 Å². The number of hydrogen-bond acceptors (Lipinski definition) is 3. The Morgan fingerprint density at radius 1 is 1.60 bits per heavy atom. The maximum atomic E-state index is 11.4. The summed E-state index contributed by atoms with van der Waals surface area (Å²) < 4.78 is 1.21. The van der Waals surface area contributed by atoms with E-state index in [4.69, 9.17) is 5.11 Å². The highest BCUT2D eigenvalue weighted by molar-refractivity contribution is 5.84. The zero-order valence-corrected chi connectivity index (χ0v) is 8.80. The molecule has 0 spiro atoms. The van der Waals surface area contributed by atoms with E-state index >= 15 is 0 Å². The largest absolute Gasteiger partial charge is 0.476 e. The highest BCUT2D eigenvalue weighted by Crippen LogP contribution is 2.02. The summed E-state index contributed by atoms with van der Waals surface area (Å²) in [7, 11) is 0. The monoisotopic (exact) mass is 210 g/mol. The number of rotatable bonds is 4. The van der Waals surface area contributed by atoms with Crippen molar-refractivity contribution >= 4 is 5.97 Å². The van der Waals surface area contributed by atoms with E-state index in [0.717, 1.165) is 6.42 Å². The third kappa shape index (κ3) is 2.90. The molecule has 5 nitrogen and oxygen atoms in total. The molecular weight excluding hydrogens is 196 g/mol. The van der Waals surface area contributed by atoms with Crippen LogP contribution in [0.15, 0.2) is 16.9 Å². The maximum Gasteiger partial charge on any atom is 0.356 e. The van der Waals surface area contributed by atoms with E-state index in [0.29, 0.717) is 12.5 Å². The Bertz CT molecular complexity index is 411. The zero-order valence-electron chi connectivity index (χ0n) is 8.80. The summed E-state index contributed by atoms with van der Waals surface area (Å²) in [5, 5.41) is 12.5. The lowest BCUT2D eigenvalue weighted by molar-refractivity contribution is 0.0687. The molecule has 0 aliphatic carbocycles. The predicted molar refractivity (Wildman–Crippen MR) is 54.9 cm³/mol. The third-order valence-electron chi connectivity index (χ3n) is 2.27. The second-order valence-electron chi connectivity index (χ2n) is 3.56. The first-order valence-electron chi connectivity index (χ1n) is 4.86. The molecule has 1 N–H and O–H groups in total. The highest BCUT2D eigenvalue weighted by atomic mass is 16.4. The second kappa shape index (κ2) is 4.72. The van der Waals surface area contributed by atoms with Crippen LogP contribution in [-0.4, -0.2) is 20.9 Å². The average Bonchev–Trinajstić information content (AvgIpc) is 2.20. The number of nitrogens with zero attached hydrogens (tertiary/aromatic N) is 2. The number of carbonyl (C=O) groups is 1. The van der Waals surface area contributed by atoms with Crippen LogP contribution in [0.1, 0.15) is 30.8 Å². The van der Waals surface area contributed by atoms with E-state index in [1.54, 1.807) is 0 Å². The molecule has 1 aromatic heterocycles. The van der Waals surface area contributed by atoms with E-state index in [1.165, 1.54) is 16.8 Å². The molecule has 0 bridgehead atoms. The van der Waals surface area contributed by atoms with Crippen LogP contribution in [0.25, 0.3) is 0 Å². The van der Waals surface area contributed by atoms with Crippen LogP contribution >= 0.6 is 0 Å². The maximum absolute atomic E-state index is 11.4. The van der Waals surface area contributed by atoms with E-state index in [-0.39, 0.29) is 11.3 Å². The molecule has 1 rings (SSSR count). The van der Waals surface area contributed by atoms with Gasteiger partial charge in [-0.2, -0.15) is 5.10 Å². The van der Waals surface area contributed by atoms with Crippen LogP contribution in [0.5, 0.6) is 0 Å². The molecule has 0 fully saturated rings. The first kappa shape index (κ1) is 11.4. The minimum atomic E-state index is -1.12. The smallest absolute Gasteiger partial charge is 0.356 e. The van der Waals surface area contributed by atoms with Gasteiger partial charge in [0.05, 0.1) is 0 Å². The Morgan fingerprint density at radius 3 is 2.80 bits per heavy atom. The molecule has 0 aromatic carbocycles. The molecule has 5 heteroatoms. The van der Waals surface area contributed by atoms with Gasteiger partial charge in [-0.05, 0) is 12.0 Å². The fourth-order valence-corrected chi connectivity index (χ4v) is 1.12. The minimum absolute atomic E-state index is 0.0992. The van der Waals surface area contributed by atoms with Gasteiger partial charge < -0.3 is 5.11 Å². The van der Waals surface area contributed by atoms with Gasteiger partial charge in [-0.1, -0.05) is 20.3 Å². The van der Waals surface area contributed by atoms with Crippen molar-refractivity contribution in [2.45, 2.75) is 26.8 Å². The van der Waals surface area contributed by atoms with Gasteiger partial charge in [0, 0.05) is 12.6 Å². The summed E-state index contributed by atoms with van der Waals surface area (Å²) in [4.78, 5) is 22.0. The standard InChI is InChI=1S/C10H14N2O3/c1-3-7(2)6-12-9(13)5-4-8(11-12)10(14)15/h4-5,7H,3,6H2,1-2H3,(H,14,15). The van der Waals surface area contributed by atoms with Crippen LogP contribution in [-0.2, 0) is 6.54 Å².